The van der Waals surface area contributed by atoms with E-state index in [0.717, 1.165) is 18.3 Å². The van der Waals surface area contributed by atoms with Crippen LogP contribution < -0.4 is 0 Å². The second kappa shape index (κ2) is 4.65. The zero-order valence-corrected chi connectivity index (χ0v) is 13.0. The van der Waals surface area contributed by atoms with Gasteiger partial charge in [0.15, 0.2) is 0 Å². The first-order valence-electron chi connectivity index (χ1n) is 8.19. The molecule has 2 saturated heterocycles. The fourth-order valence-electron chi connectivity index (χ4n) is 4.44. The lowest BCUT2D eigenvalue weighted by Gasteiger charge is -2.41. The molecule has 3 aliphatic rings. The summed E-state index contributed by atoms with van der Waals surface area (Å²) in [4.78, 5) is 9.26. The second-order valence-electron chi connectivity index (χ2n) is 6.76. The summed E-state index contributed by atoms with van der Waals surface area (Å²) in [5, 5.41) is 1.43. The lowest BCUT2D eigenvalue weighted by molar-refractivity contribution is 0.105. The van der Waals surface area contributed by atoms with Crippen molar-refractivity contribution in [1.82, 2.24) is 9.88 Å². The standard InChI is InChI=1S/C18H20N2S/c1-2-6-14-12(4-1)10-16-17(14)19-18(21-16)15-7-9-20-8-3-5-13(15)11-20/h1-2,4,6,13,15H,3,5,7-11H2/t13-,15+/m1/s1. The number of thiazole rings is 1. The van der Waals surface area contributed by atoms with Gasteiger partial charge in [0.05, 0.1) is 10.7 Å². The molecule has 3 heteroatoms. The molecular weight excluding hydrogens is 276 g/mol. The highest BCUT2D eigenvalue weighted by Gasteiger charge is 2.35. The third-order valence-corrected chi connectivity index (χ3v) is 6.71. The Morgan fingerprint density at radius 3 is 3.10 bits per heavy atom. The third-order valence-electron chi connectivity index (χ3n) is 5.52. The molecular formula is C18H20N2S. The molecule has 0 spiro atoms. The van der Waals surface area contributed by atoms with Gasteiger partial charge in [0.2, 0.25) is 0 Å². The predicted octanol–water partition coefficient (Wildman–Crippen LogP) is 3.91. The maximum atomic E-state index is 5.10. The minimum Gasteiger partial charge on any atom is -0.303 e. The molecule has 1 aromatic heterocycles. The molecule has 3 heterocycles. The van der Waals surface area contributed by atoms with Crippen LogP contribution in [0.1, 0.15) is 40.6 Å². The average Bonchev–Trinajstić information content (AvgIpc) is 3.05. The van der Waals surface area contributed by atoms with Gasteiger partial charge in [-0.2, -0.15) is 0 Å². The molecule has 0 amide bonds. The van der Waals surface area contributed by atoms with Crippen molar-refractivity contribution in [2.45, 2.75) is 31.6 Å². The van der Waals surface area contributed by atoms with Crippen LogP contribution in [0.5, 0.6) is 0 Å². The molecule has 1 unspecified atom stereocenters. The largest absolute Gasteiger partial charge is 0.303 e. The van der Waals surface area contributed by atoms with Gasteiger partial charge in [0.1, 0.15) is 0 Å². The summed E-state index contributed by atoms with van der Waals surface area (Å²) >= 11 is 2.00. The molecule has 2 nitrogen and oxygen atoms in total. The lowest BCUT2D eigenvalue weighted by atomic mass is 9.80. The van der Waals surface area contributed by atoms with Crippen LogP contribution in [0.4, 0.5) is 0 Å². The van der Waals surface area contributed by atoms with E-state index in [4.69, 9.17) is 4.98 Å². The van der Waals surface area contributed by atoms with Gasteiger partial charge in [-0.3, -0.25) is 0 Å². The number of rotatable bonds is 1. The Balaban J connectivity index is 1.50. The van der Waals surface area contributed by atoms with Crippen molar-refractivity contribution in [3.63, 3.8) is 0 Å². The number of benzene rings is 1. The molecule has 0 N–H and O–H groups in total. The monoisotopic (exact) mass is 296 g/mol. The summed E-state index contributed by atoms with van der Waals surface area (Å²) in [7, 11) is 0. The van der Waals surface area contributed by atoms with Gasteiger partial charge in [0, 0.05) is 29.3 Å². The topological polar surface area (TPSA) is 16.1 Å². The molecule has 0 radical (unpaired) electrons. The molecule has 21 heavy (non-hydrogen) atoms. The van der Waals surface area contributed by atoms with Crippen LogP contribution in [-0.4, -0.2) is 29.5 Å². The number of piperidine rings is 2. The van der Waals surface area contributed by atoms with Crippen LogP contribution in [0.25, 0.3) is 11.3 Å². The first-order valence-corrected chi connectivity index (χ1v) is 9.00. The number of aromatic nitrogens is 1. The molecule has 2 bridgehead atoms. The second-order valence-corrected chi connectivity index (χ2v) is 7.87. The Labute approximate surface area is 129 Å². The van der Waals surface area contributed by atoms with Gasteiger partial charge >= 0.3 is 0 Å². The van der Waals surface area contributed by atoms with Gasteiger partial charge in [-0.15, -0.1) is 11.3 Å². The van der Waals surface area contributed by atoms with E-state index in [1.54, 1.807) is 0 Å². The van der Waals surface area contributed by atoms with E-state index in [2.05, 4.69) is 29.2 Å². The minimum atomic E-state index is 0.726. The van der Waals surface area contributed by atoms with Gasteiger partial charge in [-0.25, -0.2) is 4.98 Å². The molecule has 108 valence electrons. The summed E-state index contributed by atoms with van der Waals surface area (Å²) in [6, 6.07) is 8.79. The van der Waals surface area contributed by atoms with E-state index in [9.17, 15) is 0 Å². The fourth-order valence-corrected chi connectivity index (χ4v) is 5.77. The van der Waals surface area contributed by atoms with Crippen molar-refractivity contribution in [3.8, 4) is 11.3 Å². The van der Waals surface area contributed by atoms with Gasteiger partial charge in [-0.1, -0.05) is 24.3 Å². The van der Waals surface area contributed by atoms with Gasteiger partial charge < -0.3 is 4.90 Å². The maximum absolute atomic E-state index is 5.10. The first kappa shape index (κ1) is 12.4. The Kier molecular flexibility index (Phi) is 2.74. The van der Waals surface area contributed by atoms with Crippen molar-refractivity contribution in [3.05, 3.63) is 39.7 Å². The summed E-state index contributed by atoms with van der Waals surface area (Å²) in [5.74, 6) is 1.58. The van der Waals surface area contributed by atoms with Crippen LogP contribution in [0.2, 0.25) is 0 Å². The van der Waals surface area contributed by atoms with E-state index in [0.29, 0.717) is 0 Å². The number of nitrogens with zero attached hydrogens (tertiary/aromatic N) is 2. The average molecular weight is 296 g/mol. The highest BCUT2D eigenvalue weighted by Crippen LogP contribution is 2.45. The molecule has 2 aromatic rings. The third kappa shape index (κ3) is 1.91. The fraction of sp³-hybridized carbons (Fsp3) is 0.500. The van der Waals surface area contributed by atoms with E-state index in [1.807, 2.05) is 11.3 Å². The van der Waals surface area contributed by atoms with Crippen molar-refractivity contribution < 1.29 is 0 Å². The van der Waals surface area contributed by atoms with Crippen molar-refractivity contribution in [1.29, 1.82) is 0 Å². The molecule has 0 saturated carbocycles. The molecule has 1 aromatic carbocycles. The van der Waals surface area contributed by atoms with Crippen molar-refractivity contribution in [2.24, 2.45) is 5.92 Å². The Morgan fingerprint density at radius 1 is 1.14 bits per heavy atom. The SMILES string of the molecule is c1ccc2c(c1)Cc1sc([C@H]3CCN4CCC[C@@H]3C4)nc1-2. The highest BCUT2D eigenvalue weighted by atomic mass is 32.1. The molecule has 5 rings (SSSR count). The number of fused-ring (bicyclic) bond motifs is 5. The van der Waals surface area contributed by atoms with Crippen molar-refractivity contribution >= 4 is 11.3 Å². The predicted molar refractivity (Wildman–Crippen MR) is 86.9 cm³/mol. The van der Waals surface area contributed by atoms with E-state index in [1.165, 1.54) is 65.6 Å². The van der Waals surface area contributed by atoms with Crippen LogP contribution in [0.3, 0.4) is 0 Å². The van der Waals surface area contributed by atoms with Gasteiger partial charge in [-0.05, 0) is 43.8 Å². The Bertz CT molecular complexity index is 690. The van der Waals surface area contributed by atoms with Gasteiger partial charge in [0.25, 0.3) is 0 Å². The number of hydrogen-bond donors (Lipinski definition) is 0. The minimum absolute atomic E-state index is 0.726. The summed E-state index contributed by atoms with van der Waals surface area (Å²) in [5.41, 5.74) is 4.14. The van der Waals surface area contributed by atoms with Crippen LogP contribution in [0.15, 0.2) is 24.3 Å². The Morgan fingerprint density at radius 2 is 2.10 bits per heavy atom. The normalized spacial score (nSPS) is 30.0. The van der Waals surface area contributed by atoms with E-state index < -0.39 is 0 Å². The van der Waals surface area contributed by atoms with E-state index in [-0.39, 0.29) is 0 Å². The number of hydrogen-bond acceptors (Lipinski definition) is 3. The molecule has 2 aliphatic heterocycles. The van der Waals surface area contributed by atoms with Crippen LogP contribution in [0, 0.1) is 5.92 Å². The smallest absolute Gasteiger partial charge is 0.0970 e. The first-order chi connectivity index (χ1) is 10.4. The molecule has 3 atom stereocenters. The summed E-state index contributed by atoms with van der Waals surface area (Å²) < 4.78 is 0. The Hall–Kier alpha value is -1.19. The molecule has 2 fully saturated rings. The van der Waals surface area contributed by atoms with E-state index >= 15 is 0 Å². The van der Waals surface area contributed by atoms with Crippen molar-refractivity contribution in [2.75, 3.05) is 19.6 Å². The summed E-state index contributed by atoms with van der Waals surface area (Å²) in [6.07, 6.45) is 5.21. The zero-order chi connectivity index (χ0) is 13.8. The van der Waals surface area contributed by atoms with Crippen LogP contribution >= 0.6 is 11.3 Å². The zero-order valence-electron chi connectivity index (χ0n) is 12.2. The summed E-state index contributed by atoms with van der Waals surface area (Å²) in [6.45, 7) is 3.92. The highest BCUT2D eigenvalue weighted by molar-refractivity contribution is 7.12. The molecule has 1 aliphatic carbocycles. The van der Waals surface area contributed by atoms with Crippen LogP contribution in [-0.2, 0) is 6.42 Å². The lowest BCUT2D eigenvalue weighted by Crippen LogP contribution is -2.43. The quantitative estimate of drug-likeness (QED) is 0.677. The maximum Gasteiger partial charge on any atom is 0.0970 e.